The molecule has 0 aliphatic carbocycles. The summed E-state index contributed by atoms with van der Waals surface area (Å²) in [6.45, 7) is 3.36. The minimum atomic E-state index is -0.543. The van der Waals surface area contributed by atoms with Crippen molar-refractivity contribution in [2.24, 2.45) is 0 Å². The average molecular weight is 241 g/mol. The number of hydrogen-bond acceptors (Lipinski definition) is 6. The molecule has 2 N–H and O–H groups in total. The van der Waals surface area contributed by atoms with Crippen LogP contribution in [0.25, 0.3) is 0 Å². The van der Waals surface area contributed by atoms with Gasteiger partial charge in [0.05, 0.1) is 23.7 Å². The number of pyridine rings is 1. The van der Waals surface area contributed by atoms with Gasteiger partial charge in [0.1, 0.15) is 12.4 Å². The molecule has 0 fully saturated rings. The lowest BCUT2D eigenvalue weighted by Crippen LogP contribution is -2.08. The van der Waals surface area contributed by atoms with E-state index in [1.54, 1.807) is 0 Å². The second-order valence-corrected chi connectivity index (χ2v) is 3.31. The smallest absolute Gasteiger partial charge is 0.278 e. The highest BCUT2D eigenvalue weighted by atomic mass is 16.6. The van der Waals surface area contributed by atoms with Crippen LogP contribution in [0.5, 0.6) is 5.88 Å². The molecule has 7 heteroatoms. The Hall–Kier alpha value is -1.89. The maximum atomic E-state index is 10.6. The Morgan fingerprint density at radius 2 is 2.18 bits per heavy atom. The summed E-state index contributed by atoms with van der Waals surface area (Å²) in [7, 11) is 0. The molecule has 0 aromatic carbocycles. The van der Waals surface area contributed by atoms with Gasteiger partial charge in [0.25, 0.3) is 5.69 Å². The monoisotopic (exact) mass is 241 g/mol. The fraction of sp³-hybridized carbons (Fsp3) is 0.500. The largest absolute Gasteiger partial charge is 0.475 e. The summed E-state index contributed by atoms with van der Waals surface area (Å²) in [6, 6.07) is 2.41. The number of nitrogens with zero attached hydrogens (tertiary/aromatic N) is 2. The number of hydrogen-bond donors (Lipinski definition) is 1. The van der Waals surface area contributed by atoms with Gasteiger partial charge in [-0.3, -0.25) is 10.1 Å². The van der Waals surface area contributed by atoms with E-state index in [4.69, 9.17) is 15.2 Å². The van der Waals surface area contributed by atoms with Crippen molar-refractivity contribution >= 4 is 11.5 Å². The molecule has 0 saturated heterocycles. The van der Waals surface area contributed by atoms with Crippen LogP contribution in [0, 0.1) is 10.1 Å². The molecule has 0 amide bonds. The van der Waals surface area contributed by atoms with E-state index in [2.05, 4.69) is 4.98 Å². The van der Waals surface area contributed by atoms with Crippen LogP contribution in [0.1, 0.15) is 13.3 Å². The van der Waals surface area contributed by atoms with E-state index in [1.807, 2.05) is 6.92 Å². The summed E-state index contributed by atoms with van der Waals surface area (Å²) in [5.41, 5.74) is 5.29. The van der Waals surface area contributed by atoms with Gasteiger partial charge in [-0.2, -0.15) is 4.98 Å². The van der Waals surface area contributed by atoms with E-state index in [-0.39, 0.29) is 24.0 Å². The molecule has 0 aliphatic rings. The predicted molar refractivity (Wildman–Crippen MR) is 61.9 cm³/mol. The van der Waals surface area contributed by atoms with Crippen molar-refractivity contribution < 1.29 is 14.4 Å². The van der Waals surface area contributed by atoms with Crippen molar-refractivity contribution in [1.29, 1.82) is 0 Å². The molecule has 0 atom stereocenters. The van der Waals surface area contributed by atoms with Crippen LogP contribution in [0.3, 0.4) is 0 Å². The van der Waals surface area contributed by atoms with Crippen molar-refractivity contribution in [1.82, 2.24) is 4.98 Å². The summed E-state index contributed by atoms with van der Waals surface area (Å²) in [5, 5.41) is 10.6. The number of nitrogens with two attached hydrogens (primary N) is 1. The number of nitro groups is 1. The van der Waals surface area contributed by atoms with Gasteiger partial charge in [-0.25, -0.2) is 0 Å². The zero-order chi connectivity index (χ0) is 12.7. The molecule has 1 rings (SSSR count). The topological polar surface area (TPSA) is 101 Å². The predicted octanol–water partition coefficient (Wildman–Crippen LogP) is 1.38. The Balaban J connectivity index is 2.50. The van der Waals surface area contributed by atoms with Crippen molar-refractivity contribution in [3.63, 3.8) is 0 Å². The zero-order valence-corrected chi connectivity index (χ0v) is 9.59. The van der Waals surface area contributed by atoms with E-state index in [9.17, 15) is 10.1 Å². The third-order valence-electron chi connectivity index (χ3n) is 1.84. The third kappa shape index (κ3) is 4.64. The normalized spacial score (nSPS) is 10.2. The SMILES string of the molecule is CCCOCCOc1cc([N+](=O)[O-])cc(N)n1. The molecule has 1 aromatic heterocycles. The Kier molecular flexibility index (Phi) is 5.15. The molecule has 1 heterocycles. The first-order valence-electron chi connectivity index (χ1n) is 5.26. The van der Waals surface area contributed by atoms with E-state index in [0.29, 0.717) is 13.2 Å². The summed E-state index contributed by atoms with van der Waals surface area (Å²) >= 11 is 0. The number of anilines is 1. The number of nitrogen functional groups attached to an aromatic ring is 1. The summed E-state index contributed by atoms with van der Waals surface area (Å²) in [4.78, 5) is 13.8. The van der Waals surface area contributed by atoms with Crippen LogP contribution in [0.2, 0.25) is 0 Å². The fourth-order valence-electron chi connectivity index (χ4n) is 1.14. The minimum Gasteiger partial charge on any atom is -0.475 e. The third-order valence-corrected chi connectivity index (χ3v) is 1.84. The van der Waals surface area contributed by atoms with Gasteiger partial charge in [-0.1, -0.05) is 6.92 Å². The second kappa shape index (κ2) is 6.64. The highest BCUT2D eigenvalue weighted by molar-refractivity contribution is 5.45. The quantitative estimate of drug-likeness (QED) is 0.439. The lowest BCUT2D eigenvalue weighted by atomic mass is 10.4. The molecular formula is C10H15N3O4. The van der Waals surface area contributed by atoms with Crippen molar-refractivity contribution in [3.8, 4) is 5.88 Å². The second-order valence-electron chi connectivity index (χ2n) is 3.31. The van der Waals surface area contributed by atoms with Crippen LogP contribution >= 0.6 is 0 Å². The van der Waals surface area contributed by atoms with Crippen LogP contribution in [0.4, 0.5) is 11.5 Å². The first-order chi connectivity index (χ1) is 8.13. The van der Waals surface area contributed by atoms with Gasteiger partial charge in [0.2, 0.25) is 5.88 Å². The van der Waals surface area contributed by atoms with E-state index in [0.717, 1.165) is 6.42 Å². The number of rotatable bonds is 7. The molecule has 1 aromatic rings. The number of ether oxygens (including phenoxy) is 2. The van der Waals surface area contributed by atoms with E-state index < -0.39 is 4.92 Å². The van der Waals surface area contributed by atoms with Gasteiger partial charge in [-0.15, -0.1) is 0 Å². The minimum absolute atomic E-state index is 0.0590. The molecule has 0 spiro atoms. The lowest BCUT2D eigenvalue weighted by Gasteiger charge is -2.06. The van der Waals surface area contributed by atoms with Crippen LogP contribution in [-0.2, 0) is 4.74 Å². The highest BCUT2D eigenvalue weighted by Gasteiger charge is 2.10. The van der Waals surface area contributed by atoms with Crippen LogP contribution in [-0.4, -0.2) is 29.7 Å². The van der Waals surface area contributed by atoms with Gasteiger partial charge in [0.15, 0.2) is 0 Å². The first kappa shape index (κ1) is 13.2. The van der Waals surface area contributed by atoms with Gasteiger partial charge in [0, 0.05) is 6.61 Å². The van der Waals surface area contributed by atoms with Crippen LogP contribution < -0.4 is 10.5 Å². The Bertz CT molecular complexity index is 384. The molecule has 94 valence electrons. The Morgan fingerprint density at radius 1 is 1.41 bits per heavy atom. The molecule has 7 nitrogen and oxygen atoms in total. The molecular weight excluding hydrogens is 226 g/mol. The van der Waals surface area contributed by atoms with Gasteiger partial charge in [-0.05, 0) is 6.42 Å². The molecule has 0 unspecified atom stereocenters. The molecule has 0 radical (unpaired) electrons. The molecule has 0 bridgehead atoms. The first-order valence-corrected chi connectivity index (χ1v) is 5.26. The van der Waals surface area contributed by atoms with E-state index in [1.165, 1.54) is 12.1 Å². The van der Waals surface area contributed by atoms with Crippen molar-refractivity contribution in [2.75, 3.05) is 25.6 Å². The number of aromatic nitrogens is 1. The van der Waals surface area contributed by atoms with Crippen molar-refractivity contribution in [3.05, 3.63) is 22.2 Å². The van der Waals surface area contributed by atoms with Gasteiger partial charge < -0.3 is 15.2 Å². The molecule has 0 saturated carbocycles. The van der Waals surface area contributed by atoms with Crippen LogP contribution in [0.15, 0.2) is 12.1 Å². The molecule has 17 heavy (non-hydrogen) atoms. The summed E-state index contributed by atoms with van der Waals surface area (Å²) in [6.07, 6.45) is 0.933. The Morgan fingerprint density at radius 3 is 2.82 bits per heavy atom. The highest BCUT2D eigenvalue weighted by Crippen LogP contribution is 2.20. The fourth-order valence-corrected chi connectivity index (χ4v) is 1.14. The maximum absolute atomic E-state index is 10.6. The zero-order valence-electron chi connectivity index (χ0n) is 9.59. The summed E-state index contributed by atoms with van der Waals surface area (Å²) < 4.78 is 10.4. The summed E-state index contributed by atoms with van der Waals surface area (Å²) in [5.74, 6) is 0.195. The van der Waals surface area contributed by atoms with Crippen molar-refractivity contribution in [2.45, 2.75) is 13.3 Å². The van der Waals surface area contributed by atoms with E-state index >= 15 is 0 Å². The average Bonchev–Trinajstić information content (AvgIpc) is 2.28. The molecule has 0 aliphatic heterocycles. The lowest BCUT2D eigenvalue weighted by molar-refractivity contribution is -0.384. The Labute approximate surface area is 98.7 Å². The maximum Gasteiger partial charge on any atom is 0.278 e. The van der Waals surface area contributed by atoms with Gasteiger partial charge >= 0.3 is 0 Å². The standard InChI is InChI=1S/C10H15N3O4/c1-2-3-16-4-5-17-10-7-8(13(14)15)6-9(11)12-10/h6-7H,2-5H2,1H3,(H2,11,12).